The van der Waals surface area contributed by atoms with Crippen LogP contribution < -0.4 is 5.32 Å². The fraction of sp³-hybridized carbons (Fsp3) is 0.278. The van der Waals surface area contributed by atoms with Gasteiger partial charge in [-0.1, -0.05) is 12.1 Å². The molecule has 0 unspecified atom stereocenters. The molecule has 3 rings (SSSR count). The number of rotatable bonds is 3. The van der Waals surface area contributed by atoms with Crippen molar-refractivity contribution < 1.29 is 14.0 Å². The molecule has 1 N–H and O–H groups in total. The van der Waals surface area contributed by atoms with Crippen LogP contribution in [-0.2, 0) is 0 Å². The maximum Gasteiger partial charge on any atom is 0.274 e. The lowest BCUT2D eigenvalue weighted by atomic mass is 10.1. The van der Waals surface area contributed by atoms with Crippen LogP contribution in [0, 0.1) is 5.82 Å². The summed E-state index contributed by atoms with van der Waals surface area (Å²) in [5.41, 5.74) is 0.548. The zero-order valence-electron chi connectivity index (χ0n) is 13.9. The SMILES string of the molecule is CN1CCN(C(=O)c2ccnc(C(=O)Nc3ccccc3F)c2)CC1. The van der Waals surface area contributed by atoms with Crippen LogP contribution in [0.2, 0.25) is 0 Å². The normalized spacial score (nSPS) is 15.0. The average molecular weight is 342 g/mol. The molecule has 6 nitrogen and oxygen atoms in total. The first kappa shape index (κ1) is 17.0. The molecule has 1 aliphatic rings. The minimum Gasteiger partial charge on any atom is -0.336 e. The quantitative estimate of drug-likeness (QED) is 0.925. The Morgan fingerprint density at radius 1 is 1.12 bits per heavy atom. The smallest absolute Gasteiger partial charge is 0.274 e. The van der Waals surface area contributed by atoms with Crippen molar-refractivity contribution in [2.75, 3.05) is 38.5 Å². The van der Waals surface area contributed by atoms with Gasteiger partial charge in [-0.2, -0.15) is 0 Å². The molecule has 0 saturated carbocycles. The van der Waals surface area contributed by atoms with Gasteiger partial charge in [-0.15, -0.1) is 0 Å². The maximum atomic E-state index is 13.6. The molecule has 2 amide bonds. The number of benzene rings is 1. The number of carbonyl (C=O) groups excluding carboxylic acids is 2. The van der Waals surface area contributed by atoms with Crippen molar-refractivity contribution in [1.29, 1.82) is 0 Å². The van der Waals surface area contributed by atoms with Gasteiger partial charge < -0.3 is 15.1 Å². The number of amides is 2. The summed E-state index contributed by atoms with van der Waals surface area (Å²) in [6, 6.07) is 8.91. The van der Waals surface area contributed by atoms with Gasteiger partial charge in [0.05, 0.1) is 5.69 Å². The number of aromatic nitrogens is 1. The summed E-state index contributed by atoms with van der Waals surface area (Å²) in [5.74, 6) is -1.21. The molecule has 2 heterocycles. The van der Waals surface area contributed by atoms with E-state index >= 15 is 0 Å². The third-order valence-electron chi connectivity index (χ3n) is 4.15. The van der Waals surface area contributed by atoms with Gasteiger partial charge in [0, 0.05) is 37.9 Å². The van der Waals surface area contributed by atoms with E-state index in [0.29, 0.717) is 18.7 Å². The van der Waals surface area contributed by atoms with Crippen LogP contribution in [0.15, 0.2) is 42.6 Å². The summed E-state index contributed by atoms with van der Waals surface area (Å²) >= 11 is 0. The molecule has 7 heteroatoms. The second-order valence-corrected chi connectivity index (χ2v) is 5.96. The van der Waals surface area contributed by atoms with Crippen molar-refractivity contribution >= 4 is 17.5 Å². The van der Waals surface area contributed by atoms with Crippen LogP contribution in [0.5, 0.6) is 0 Å². The van der Waals surface area contributed by atoms with E-state index in [1.807, 2.05) is 7.05 Å². The van der Waals surface area contributed by atoms with Crippen LogP contribution in [0.1, 0.15) is 20.8 Å². The number of nitrogens with zero attached hydrogens (tertiary/aromatic N) is 3. The molecule has 1 aromatic heterocycles. The minimum absolute atomic E-state index is 0.0724. The Morgan fingerprint density at radius 3 is 2.56 bits per heavy atom. The fourth-order valence-electron chi connectivity index (χ4n) is 2.63. The van der Waals surface area contributed by atoms with Crippen LogP contribution in [-0.4, -0.2) is 59.8 Å². The third kappa shape index (κ3) is 4.00. The highest BCUT2D eigenvalue weighted by atomic mass is 19.1. The Kier molecular flexibility index (Phi) is 5.04. The van der Waals surface area contributed by atoms with Crippen molar-refractivity contribution in [3.63, 3.8) is 0 Å². The van der Waals surface area contributed by atoms with E-state index < -0.39 is 11.7 Å². The zero-order valence-corrected chi connectivity index (χ0v) is 13.9. The minimum atomic E-state index is -0.557. The largest absolute Gasteiger partial charge is 0.336 e. The van der Waals surface area contributed by atoms with Gasteiger partial charge in [-0.25, -0.2) is 4.39 Å². The molecule has 25 heavy (non-hydrogen) atoms. The molecule has 0 aliphatic carbocycles. The van der Waals surface area contributed by atoms with Gasteiger partial charge >= 0.3 is 0 Å². The van der Waals surface area contributed by atoms with E-state index in [2.05, 4.69) is 15.2 Å². The number of carbonyl (C=O) groups is 2. The number of anilines is 1. The van der Waals surface area contributed by atoms with Gasteiger partial charge in [0.25, 0.3) is 11.8 Å². The van der Waals surface area contributed by atoms with Gasteiger partial charge in [0.2, 0.25) is 0 Å². The summed E-state index contributed by atoms with van der Waals surface area (Å²) < 4.78 is 13.6. The van der Waals surface area contributed by atoms with Crippen molar-refractivity contribution in [3.8, 4) is 0 Å². The number of para-hydroxylation sites is 1. The second kappa shape index (κ2) is 7.40. The summed E-state index contributed by atoms with van der Waals surface area (Å²) in [5, 5.41) is 2.47. The predicted molar refractivity (Wildman–Crippen MR) is 92.0 cm³/mol. The molecule has 130 valence electrons. The number of piperazine rings is 1. The van der Waals surface area contributed by atoms with E-state index in [9.17, 15) is 14.0 Å². The number of nitrogens with one attached hydrogen (secondary N) is 1. The van der Waals surface area contributed by atoms with E-state index in [-0.39, 0.29) is 17.3 Å². The number of pyridine rings is 1. The van der Waals surface area contributed by atoms with Crippen molar-refractivity contribution in [3.05, 3.63) is 59.7 Å². The highest BCUT2D eigenvalue weighted by Crippen LogP contribution is 2.14. The van der Waals surface area contributed by atoms with Crippen LogP contribution in [0.4, 0.5) is 10.1 Å². The Balaban J connectivity index is 1.73. The second-order valence-electron chi connectivity index (χ2n) is 5.96. The van der Waals surface area contributed by atoms with Crippen molar-refractivity contribution in [2.45, 2.75) is 0 Å². The third-order valence-corrected chi connectivity index (χ3v) is 4.15. The van der Waals surface area contributed by atoms with E-state index in [0.717, 1.165) is 13.1 Å². The number of likely N-dealkylation sites (N-methyl/N-ethyl adjacent to an activating group) is 1. The highest BCUT2D eigenvalue weighted by molar-refractivity contribution is 6.04. The molecule has 0 spiro atoms. The highest BCUT2D eigenvalue weighted by Gasteiger charge is 2.21. The molecule has 1 aliphatic heterocycles. The Bertz CT molecular complexity index is 788. The first-order valence-corrected chi connectivity index (χ1v) is 8.04. The van der Waals surface area contributed by atoms with Gasteiger partial charge in [0.1, 0.15) is 11.5 Å². The predicted octanol–water partition coefficient (Wildman–Crippen LogP) is 1.86. The van der Waals surface area contributed by atoms with Crippen molar-refractivity contribution in [1.82, 2.24) is 14.8 Å². The summed E-state index contributed by atoms with van der Waals surface area (Å²) in [6.45, 7) is 2.93. The molecular formula is C18H19FN4O2. The number of hydrogen-bond acceptors (Lipinski definition) is 4. The van der Waals surface area contributed by atoms with Crippen LogP contribution in [0.3, 0.4) is 0 Å². The summed E-state index contributed by atoms with van der Waals surface area (Å²) in [6.07, 6.45) is 1.42. The van der Waals surface area contributed by atoms with Crippen LogP contribution >= 0.6 is 0 Å². The first-order valence-electron chi connectivity index (χ1n) is 8.04. The number of halogens is 1. The summed E-state index contributed by atoms with van der Waals surface area (Å²) in [4.78, 5) is 32.8. The number of hydrogen-bond donors (Lipinski definition) is 1. The van der Waals surface area contributed by atoms with Crippen molar-refractivity contribution in [2.24, 2.45) is 0 Å². The molecule has 0 atom stereocenters. The molecule has 1 saturated heterocycles. The summed E-state index contributed by atoms with van der Waals surface area (Å²) in [7, 11) is 2.01. The standard InChI is InChI=1S/C18H19FN4O2/c1-22-8-10-23(11-9-22)18(25)13-6-7-20-16(12-13)17(24)21-15-5-3-2-4-14(15)19/h2-7,12H,8-11H2,1H3,(H,21,24). The zero-order chi connectivity index (χ0) is 17.8. The van der Waals surface area contributed by atoms with E-state index in [1.54, 1.807) is 23.1 Å². The Morgan fingerprint density at radius 2 is 1.84 bits per heavy atom. The van der Waals surface area contributed by atoms with E-state index in [1.165, 1.54) is 24.4 Å². The molecule has 1 fully saturated rings. The van der Waals surface area contributed by atoms with Gasteiger partial charge in [-0.05, 0) is 31.3 Å². The van der Waals surface area contributed by atoms with E-state index in [4.69, 9.17) is 0 Å². The first-order chi connectivity index (χ1) is 12.0. The molecule has 0 radical (unpaired) electrons. The molecule has 1 aromatic carbocycles. The monoisotopic (exact) mass is 342 g/mol. The average Bonchev–Trinajstić information content (AvgIpc) is 2.64. The fourth-order valence-corrected chi connectivity index (χ4v) is 2.63. The lowest BCUT2D eigenvalue weighted by molar-refractivity contribution is 0.0664. The maximum absolute atomic E-state index is 13.6. The molecular weight excluding hydrogens is 323 g/mol. The Hall–Kier alpha value is -2.80. The van der Waals surface area contributed by atoms with Gasteiger partial charge in [0.15, 0.2) is 0 Å². The molecule has 0 bridgehead atoms. The lowest BCUT2D eigenvalue weighted by Gasteiger charge is -2.32. The Labute approximate surface area is 145 Å². The lowest BCUT2D eigenvalue weighted by Crippen LogP contribution is -2.47. The van der Waals surface area contributed by atoms with Gasteiger partial charge in [-0.3, -0.25) is 14.6 Å². The molecule has 2 aromatic rings. The topological polar surface area (TPSA) is 65.5 Å². The van der Waals surface area contributed by atoms with Crippen LogP contribution in [0.25, 0.3) is 0 Å².